The first-order valence-electron chi connectivity index (χ1n) is 7.95. The molecule has 2 N–H and O–H groups in total. The number of terminal acetylenes is 1. The Morgan fingerprint density at radius 1 is 1.33 bits per heavy atom. The summed E-state index contributed by atoms with van der Waals surface area (Å²) in [7, 11) is -3.49. The SMILES string of the molecule is C#CCNC(=O)C[NH+]1CCN(S(=O)(=O)c2cc(C)ccc2C)CC1. The van der Waals surface area contributed by atoms with Gasteiger partial charge in [0.2, 0.25) is 10.0 Å². The Kier molecular flexibility index (Phi) is 5.99. The van der Waals surface area contributed by atoms with E-state index in [4.69, 9.17) is 6.42 Å². The molecule has 6 nitrogen and oxygen atoms in total. The number of nitrogens with zero attached hydrogens (tertiary/aromatic N) is 1. The van der Waals surface area contributed by atoms with Gasteiger partial charge in [0.15, 0.2) is 6.54 Å². The van der Waals surface area contributed by atoms with E-state index < -0.39 is 10.0 Å². The quantitative estimate of drug-likeness (QED) is 0.665. The van der Waals surface area contributed by atoms with Crippen LogP contribution in [0, 0.1) is 26.2 Å². The monoisotopic (exact) mass is 350 g/mol. The van der Waals surface area contributed by atoms with Gasteiger partial charge in [-0.05, 0) is 31.0 Å². The van der Waals surface area contributed by atoms with Gasteiger partial charge in [0.05, 0.1) is 37.6 Å². The summed E-state index contributed by atoms with van der Waals surface area (Å²) in [5.74, 6) is 2.26. The summed E-state index contributed by atoms with van der Waals surface area (Å²) in [6.45, 7) is 6.26. The molecule has 1 amide bonds. The van der Waals surface area contributed by atoms with Gasteiger partial charge >= 0.3 is 0 Å². The molecule has 0 aliphatic carbocycles. The minimum Gasteiger partial charge on any atom is -0.340 e. The van der Waals surface area contributed by atoms with Crippen LogP contribution in [0.5, 0.6) is 0 Å². The lowest BCUT2D eigenvalue weighted by molar-refractivity contribution is -0.895. The van der Waals surface area contributed by atoms with Crippen LogP contribution in [0.25, 0.3) is 0 Å². The lowest BCUT2D eigenvalue weighted by Crippen LogP contribution is -3.15. The zero-order valence-corrected chi connectivity index (χ0v) is 14.9. The van der Waals surface area contributed by atoms with E-state index in [1.807, 2.05) is 26.0 Å². The molecule has 0 unspecified atom stereocenters. The zero-order valence-electron chi connectivity index (χ0n) is 14.1. The first kappa shape index (κ1) is 18.5. The minimum absolute atomic E-state index is 0.103. The molecule has 0 bridgehead atoms. The Bertz CT molecular complexity index is 745. The first-order valence-corrected chi connectivity index (χ1v) is 9.39. The van der Waals surface area contributed by atoms with Crippen molar-refractivity contribution < 1.29 is 18.1 Å². The molecule has 1 aromatic carbocycles. The molecule has 7 heteroatoms. The first-order chi connectivity index (χ1) is 11.3. The Labute approximate surface area is 143 Å². The number of sulfonamides is 1. The van der Waals surface area contributed by atoms with Crippen molar-refractivity contribution in [1.82, 2.24) is 9.62 Å². The molecule has 24 heavy (non-hydrogen) atoms. The fourth-order valence-electron chi connectivity index (χ4n) is 2.78. The molecule has 130 valence electrons. The number of nitrogens with one attached hydrogen (secondary N) is 2. The third-order valence-corrected chi connectivity index (χ3v) is 6.23. The smallest absolute Gasteiger partial charge is 0.275 e. The molecular weight excluding hydrogens is 326 g/mol. The fourth-order valence-corrected chi connectivity index (χ4v) is 4.53. The minimum atomic E-state index is -3.49. The summed E-state index contributed by atoms with van der Waals surface area (Å²) < 4.78 is 27.2. The van der Waals surface area contributed by atoms with E-state index in [2.05, 4.69) is 11.2 Å². The van der Waals surface area contributed by atoms with Crippen molar-refractivity contribution in [3.05, 3.63) is 29.3 Å². The van der Waals surface area contributed by atoms with Gasteiger partial charge in [-0.1, -0.05) is 18.1 Å². The summed E-state index contributed by atoms with van der Waals surface area (Å²) in [5.41, 5.74) is 1.68. The third-order valence-electron chi connectivity index (χ3n) is 4.19. The van der Waals surface area contributed by atoms with Gasteiger partial charge in [0.25, 0.3) is 5.91 Å². The van der Waals surface area contributed by atoms with Crippen LogP contribution >= 0.6 is 0 Å². The van der Waals surface area contributed by atoms with Crippen LogP contribution in [-0.2, 0) is 14.8 Å². The standard InChI is InChI=1S/C17H23N3O3S/c1-4-7-18-17(21)13-19-8-10-20(11-9-19)24(22,23)16-12-14(2)5-6-15(16)3/h1,5-6,12H,7-11,13H2,2-3H3,(H,18,21)/p+1. The van der Waals surface area contributed by atoms with Crippen LogP contribution < -0.4 is 10.2 Å². The van der Waals surface area contributed by atoms with Crippen LogP contribution in [-0.4, -0.2) is 57.9 Å². The topological polar surface area (TPSA) is 70.9 Å². The summed E-state index contributed by atoms with van der Waals surface area (Å²) in [5, 5.41) is 2.63. The molecule has 0 radical (unpaired) electrons. The van der Waals surface area contributed by atoms with Crippen LogP contribution in [0.1, 0.15) is 11.1 Å². The third kappa shape index (κ3) is 4.35. The Balaban J connectivity index is 2.00. The van der Waals surface area contributed by atoms with E-state index in [0.717, 1.165) is 16.0 Å². The largest absolute Gasteiger partial charge is 0.340 e. The van der Waals surface area contributed by atoms with Crippen molar-refractivity contribution in [2.45, 2.75) is 18.7 Å². The molecule has 1 heterocycles. The Hall–Kier alpha value is -1.88. The molecule has 0 atom stereocenters. The maximum absolute atomic E-state index is 12.8. The molecule has 0 spiro atoms. The molecule has 1 saturated heterocycles. The zero-order chi connectivity index (χ0) is 17.7. The van der Waals surface area contributed by atoms with E-state index in [0.29, 0.717) is 37.6 Å². The normalized spacial score (nSPS) is 16.5. The van der Waals surface area contributed by atoms with Crippen LogP contribution in [0.3, 0.4) is 0 Å². The van der Waals surface area contributed by atoms with Crippen molar-refractivity contribution >= 4 is 15.9 Å². The lowest BCUT2D eigenvalue weighted by atomic mass is 10.2. The van der Waals surface area contributed by atoms with Crippen LogP contribution in [0.4, 0.5) is 0 Å². The second-order valence-electron chi connectivity index (χ2n) is 6.08. The number of quaternary nitrogens is 1. The summed E-state index contributed by atoms with van der Waals surface area (Å²) in [6.07, 6.45) is 5.11. The predicted molar refractivity (Wildman–Crippen MR) is 92.1 cm³/mol. The van der Waals surface area contributed by atoms with Crippen molar-refractivity contribution in [3.63, 3.8) is 0 Å². The predicted octanol–water partition coefficient (Wildman–Crippen LogP) is -1.06. The Morgan fingerprint density at radius 3 is 2.62 bits per heavy atom. The highest BCUT2D eigenvalue weighted by molar-refractivity contribution is 7.89. The van der Waals surface area contributed by atoms with Crippen molar-refractivity contribution in [1.29, 1.82) is 0 Å². The molecule has 1 aromatic rings. The maximum Gasteiger partial charge on any atom is 0.275 e. The molecule has 1 fully saturated rings. The van der Waals surface area contributed by atoms with Crippen molar-refractivity contribution in [3.8, 4) is 12.3 Å². The number of hydrogen-bond donors (Lipinski definition) is 2. The number of carbonyl (C=O) groups excluding carboxylic acids is 1. The van der Waals surface area contributed by atoms with Gasteiger partial charge in [-0.2, -0.15) is 4.31 Å². The fraction of sp³-hybridized carbons (Fsp3) is 0.471. The highest BCUT2D eigenvalue weighted by Gasteiger charge is 2.31. The van der Waals surface area contributed by atoms with E-state index >= 15 is 0 Å². The second-order valence-corrected chi connectivity index (χ2v) is 7.99. The van der Waals surface area contributed by atoms with Crippen molar-refractivity contribution in [2.24, 2.45) is 0 Å². The number of rotatable bonds is 5. The number of amides is 1. The molecular formula is C17H24N3O3S+. The van der Waals surface area contributed by atoms with Gasteiger partial charge in [-0.25, -0.2) is 8.42 Å². The van der Waals surface area contributed by atoms with E-state index in [1.165, 1.54) is 4.31 Å². The average Bonchev–Trinajstić information content (AvgIpc) is 2.55. The van der Waals surface area contributed by atoms with Gasteiger partial charge in [-0.3, -0.25) is 4.79 Å². The molecule has 0 saturated carbocycles. The van der Waals surface area contributed by atoms with Crippen molar-refractivity contribution in [2.75, 3.05) is 39.3 Å². The lowest BCUT2D eigenvalue weighted by Gasteiger charge is -2.31. The number of aryl methyl sites for hydroxylation is 2. The molecule has 0 aromatic heterocycles. The summed E-state index contributed by atoms with van der Waals surface area (Å²) >= 11 is 0. The van der Waals surface area contributed by atoms with E-state index in [-0.39, 0.29) is 12.5 Å². The van der Waals surface area contributed by atoms with Crippen LogP contribution in [0.2, 0.25) is 0 Å². The van der Waals surface area contributed by atoms with Gasteiger partial charge < -0.3 is 10.2 Å². The van der Waals surface area contributed by atoms with Gasteiger partial charge in [0.1, 0.15) is 0 Å². The van der Waals surface area contributed by atoms with Gasteiger partial charge in [0, 0.05) is 0 Å². The highest BCUT2D eigenvalue weighted by Crippen LogP contribution is 2.21. The number of benzene rings is 1. The summed E-state index contributed by atoms with van der Waals surface area (Å²) in [6, 6.07) is 5.46. The highest BCUT2D eigenvalue weighted by atomic mass is 32.2. The molecule has 2 rings (SSSR count). The number of piperazine rings is 1. The number of hydrogen-bond acceptors (Lipinski definition) is 3. The van der Waals surface area contributed by atoms with E-state index in [9.17, 15) is 13.2 Å². The van der Waals surface area contributed by atoms with Gasteiger partial charge in [-0.15, -0.1) is 6.42 Å². The Morgan fingerprint density at radius 2 is 2.00 bits per heavy atom. The molecule has 1 aliphatic rings. The average molecular weight is 350 g/mol. The molecule has 1 aliphatic heterocycles. The maximum atomic E-state index is 12.8. The van der Waals surface area contributed by atoms with Crippen LogP contribution in [0.15, 0.2) is 23.1 Å². The van der Waals surface area contributed by atoms with E-state index in [1.54, 1.807) is 6.07 Å². The summed E-state index contributed by atoms with van der Waals surface area (Å²) in [4.78, 5) is 13.1. The second kappa shape index (κ2) is 7.79. The number of carbonyl (C=O) groups is 1.